The van der Waals surface area contributed by atoms with Crippen molar-refractivity contribution in [2.24, 2.45) is 0 Å². The summed E-state index contributed by atoms with van der Waals surface area (Å²) in [6.07, 6.45) is 0.903. The van der Waals surface area contributed by atoms with Gasteiger partial charge in [-0.15, -0.1) is 0 Å². The number of nitrogens with zero attached hydrogens (tertiary/aromatic N) is 2. The highest BCUT2D eigenvalue weighted by molar-refractivity contribution is 5.83. The van der Waals surface area contributed by atoms with Crippen LogP contribution in [0.4, 0.5) is 5.82 Å². The molecule has 1 heterocycles. The Labute approximate surface area is 107 Å². The zero-order valence-electron chi connectivity index (χ0n) is 10.9. The monoisotopic (exact) mass is 246 g/mol. The number of anilines is 1. The molecule has 1 aromatic rings. The van der Waals surface area contributed by atoms with Crippen LogP contribution in [-0.2, 0) is 4.79 Å². The molecule has 1 aromatic heterocycles. The topological polar surface area (TPSA) is 77.8 Å². The summed E-state index contributed by atoms with van der Waals surface area (Å²) in [6.45, 7) is 6.24. The molecule has 5 heteroatoms. The number of aryl methyl sites for hydroxylation is 1. The first-order chi connectivity index (χ1) is 8.56. The summed E-state index contributed by atoms with van der Waals surface area (Å²) in [4.78, 5) is 15.9. The molecule has 2 N–H and O–H groups in total. The maximum absolute atomic E-state index is 11.7. The van der Waals surface area contributed by atoms with Crippen molar-refractivity contribution < 1.29 is 4.79 Å². The third kappa shape index (κ3) is 4.06. The summed E-state index contributed by atoms with van der Waals surface area (Å²) in [5, 5.41) is 14.7. The third-order valence-corrected chi connectivity index (χ3v) is 2.39. The standard InChI is InChI=1S/C13H18N4O/c1-4-5-15-13(18)10(3)17-12-7-11(8-14)6-9(2)16-12/h6-7,10H,4-5H2,1-3H3,(H,15,18)(H,16,17). The fourth-order valence-corrected chi connectivity index (χ4v) is 1.50. The number of amides is 1. The van der Waals surface area contributed by atoms with E-state index >= 15 is 0 Å². The van der Waals surface area contributed by atoms with Crippen LogP contribution in [0.1, 0.15) is 31.5 Å². The summed E-state index contributed by atoms with van der Waals surface area (Å²) < 4.78 is 0. The van der Waals surface area contributed by atoms with E-state index in [9.17, 15) is 4.79 Å². The molecule has 0 aliphatic carbocycles. The molecule has 0 aliphatic heterocycles. The van der Waals surface area contributed by atoms with Crippen LogP contribution in [0.3, 0.4) is 0 Å². The first-order valence-electron chi connectivity index (χ1n) is 6.00. The normalized spacial score (nSPS) is 11.4. The van der Waals surface area contributed by atoms with E-state index in [0.717, 1.165) is 12.1 Å². The van der Waals surface area contributed by atoms with Crippen LogP contribution in [0.15, 0.2) is 12.1 Å². The summed E-state index contributed by atoms with van der Waals surface area (Å²) in [6, 6.07) is 5.02. The van der Waals surface area contributed by atoms with Gasteiger partial charge in [0.2, 0.25) is 5.91 Å². The maximum atomic E-state index is 11.7. The van der Waals surface area contributed by atoms with Crippen LogP contribution in [0.25, 0.3) is 0 Å². The number of hydrogen-bond acceptors (Lipinski definition) is 4. The van der Waals surface area contributed by atoms with Gasteiger partial charge in [-0.1, -0.05) is 6.92 Å². The van der Waals surface area contributed by atoms with E-state index in [1.807, 2.05) is 13.8 Å². The SMILES string of the molecule is CCCNC(=O)C(C)Nc1cc(C#N)cc(C)n1. The minimum absolute atomic E-state index is 0.0707. The Hall–Kier alpha value is -2.09. The molecule has 0 saturated heterocycles. The molecule has 1 atom stereocenters. The first-order valence-corrected chi connectivity index (χ1v) is 6.00. The minimum Gasteiger partial charge on any atom is -0.359 e. The Morgan fingerprint density at radius 2 is 2.28 bits per heavy atom. The molecule has 0 radical (unpaired) electrons. The highest BCUT2D eigenvalue weighted by Crippen LogP contribution is 2.10. The van der Waals surface area contributed by atoms with Crippen molar-refractivity contribution in [2.75, 3.05) is 11.9 Å². The fourth-order valence-electron chi connectivity index (χ4n) is 1.50. The second-order valence-corrected chi connectivity index (χ2v) is 4.15. The molecule has 0 spiro atoms. The highest BCUT2D eigenvalue weighted by Gasteiger charge is 2.12. The summed E-state index contributed by atoms with van der Waals surface area (Å²) in [7, 11) is 0. The zero-order chi connectivity index (χ0) is 13.5. The van der Waals surface area contributed by atoms with E-state index < -0.39 is 0 Å². The van der Waals surface area contributed by atoms with Crippen molar-refractivity contribution in [2.45, 2.75) is 33.2 Å². The third-order valence-electron chi connectivity index (χ3n) is 2.39. The van der Waals surface area contributed by atoms with Crippen molar-refractivity contribution in [1.29, 1.82) is 5.26 Å². The molecular formula is C13H18N4O. The number of carbonyl (C=O) groups excluding carboxylic acids is 1. The second kappa shape index (κ2) is 6.60. The summed E-state index contributed by atoms with van der Waals surface area (Å²) in [5.74, 6) is 0.476. The van der Waals surface area contributed by atoms with Gasteiger partial charge in [-0.2, -0.15) is 5.26 Å². The van der Waals surface area contributed by atoms with Crippen molar-refractivity contribution in [1.82, 2.24) is 10.3 Å². The lowest BCUT2D eigenvalue weighted by Gasteiger charge is -2.14. The van der Waals surface area contributed by atoms with Crippen LogP contribution in [-0.4, -0.2) is 23.5 Å². The van der Waals surface area contributed by atoms with Crippen LogP contribution >= 0.6 is 0 Å². The number of aromatic nitrogens is 1. The average Bonchev–Trinajstić information content (AvgIpc) is 2.34. The molecule has 1 rings (SSSR count). The summed E-state index contributed by atoms with van der Waals surface area (Å²) in [5.41, 5.74) is 1.28. The first kappa shape index (κ1) is 14.0. The van der Waals surface area contributed by atoms with Gasteiger partial charge in [0.15, 0.2) is 0 Å². The summed E-state index contributed by atoms with van der Waals surface area (Å²) >= 11 is 0. The number of carbonyl (C=O) groups is 1. The maximum Gasteiger partial charge on any atom is 0.242 e. The largest absolute Gasteiger partial charge is 0.359 e. The Balaban J connectivity index is 2.70. The van der Waals surface area contributed by atoms with Crippen LogP contribution < -0.4 is 10.6 Å². The lowest BCUT2D eigenvalue weighted by molar-refractivity contribution is -0.121. The minimum atomic E-state index is -0.377. The lowest BCUT2D eigenvalue weighted by Crippen LogP contribution is -2.38. The van der Waals surface area contributed by atoms with E-state index in [1.165, 1.54) is 0 Å². The molecule has 1 unspecified atom stereocenters. The van der Waals surface area contributed by atoms with Gasteiger partial charge in [-0.3, -0.25) is 4.79 Å². The molecule has 0 bridgehead atoms. The Morgan fingerprint density at radius 3 is 2.89 bits per heavy atom. The molecular weight excluding hydrogens is 228 g/mol. The van der Waals surface area contributed by atoms with Gasteiger partial charge in [-0.25, -0.2) is 4.98 Å². The number of nitrogens with one attached hydrogen (secondary N) is 2. The highest BCUT2D eigenvalue weighted by atomic mass is 16.2. The van der Waals surface area contributed by atoms with E-state index in [4.69, 9.17) is 5.26 Å². The van der Waals surface area contributed by atoms with Crippen LogP contribution in [0.2, 0.25) is 0 Å². The van der Waals surface area contributed by atoms with Crippen molar-refractivity contribution in [3.05, 3.63) is 23.4 Å². The second-order valence-electron chi connectivity index (χ2n) is 4.15. The molecule has 1 amide bonds. The van der Waals surface area contributed by atoms with E-state index in [1.54, 1.807) is 19.1 Å². The molecule has 0 aliphatic rings. The fraction of sp³-hybridized carbons (Fsp3) is 0.462. The predicted octanol–water partition coefficient (Wildman–Crippen LogP) is 1.59. The number of pyridine rings is 1. The van der Waals surface area contributed by atoms with Gasteiger partial charge < -0.3 is 10.6 Å². The number of rotatable bonds is 5. The van der Waals surface area contributed by atoms with Gasteiger partial charge >= 0.3 is 0 Å². The van der Waals surface area contributed by atoms with Crippen molar-refractivity contribution in [3.8, 4) is 6.07 Å². The molecule has 0 aromatic carbocycles. The number of nitriles is 1. The Bertz CT molecular complexity index is 465. The van der Waals surface area contributed by atoms with Gasteiger partial charge in [0, 0.05) is 12.2 Å². The molecule has 5 nitrogen and oxygen atoms in total. The van der Waals surface area contributed by atoms with Crippen LogP contribution in [0, 0.1) is 18.3 Å². The van der Waals surface area contributed by atoms with Gasteiger partial charge in [0.1, 0.15) is 11.9 Å². The Kier molecular flexibility index (Phi) is 5.12. The Morgan fingerprint density at radius 1 is 1.56 bits per heavy atom. The zero-order valence-corrected chi connectivity index (χ0v) is 10.9. The van der Waals surface area contributed by atoms with Gasteiger partial charge in [0.05, 0.1) is 11.6 Å². The van der Waals surface area contributed by atoms with Crippen molar-refractivity contribution >= 4 is 11.7 Å². The van der Waals surface area contributed by atoms with Crippen LogP contribution in [0.5, 0.6) is 0 Å². The predicted molar refractivity (Wildman–Crippen MR) is 70.1 cm³/mol. The molecule has 96 valence electrons. The number of hydrogen-bond donors (Lipinski definition) is 2. The quantitative estimate of drug-likeness (QED) is 0.827. The van der Waals surface area contributed by atoms with Gasteiger partial charge in [0.25, 0.3) is 0 Å². The van der Waals surface area contributed by atoms with E-state index in [0.29, 0.717) is 17.9 Å². The molecule has 0 fully saturated rings. The van der Waals surface area contributed by atoms with Gasteiger partial charge in [-0.05, 0) is 32.4 Å². The smallest absolute Gasteiger partial charge is 0.242 e. The average molecular weight is 246 g/mol. The van der Waals surface area contributed by atoms with E-state index in [2.05, 4.69) is 21.7 Å². The lowest BCUT2D eigenvalue weighted by atomic mass is 10.2. The molecule has 18 heavy (non-hydrogen) atoms. The van der Waals surface area contributed by atoms with Crippen molar-refractivity contribution in [3.63, 3.8) is 0 Å². The van der Waals surface area contributed by atoms with E-state index in [-0.39, 0.29) is 11.9 Å². The molecule has 0 saturated carbocycles.